The Hall–Kier alpha value is 0.320. The van der Waals surface area contributed by atoms with E-state index >= 15 is 0 Å². The molecule has 0 aliphatic heterocycles. The Morgan fingerprint density at radius 1 is 1.41 bits per heavy atom. The summed E-state index contributed by atoms with van der Waals surface area (Å²) in [7, 11) is 0. The van der Waals surface area contributed by atoms with E-state index in [0.29, 0.717) is 0 Å². The summed E-state index contributed by atoms with van der Waals surface area (Å²) in [5, 5.41) is 0. The number of thiophene rings is 1. The maximum Gasteiger partial charge on any atom is 0.0843 e. The lowest BCUT2D eigenvalue weighted by Gasteiger charge is -2.13. The first kappa shape index (κ1) is 15.4. The molecule has 2 nitrogen and oxygen atoms in total. The van der Waals surface area contributed by atoms with Gasteiger partial charge in [0.05, 0.1) is 9.83 Å². The molecular formula is C12H18Br2N2S. The van der Waals surface area contributed by atoms with Gasteiger partial charge in [-0.2, -0.15) is 0 Å². The van der Waals surface area contributed by atoms with Gasteiger partial charge in [0.25, 0.3) is 0 Å². The van der Waals surface area contributed by atoms with Crippen LogP contribution in [0.2, 0.25) is 0 Å². The summed E-state index contributed by atoms with van der Waals surface area (Å²) in [4.78, 5) is 1.27. The largest absolute Gasteiger partial charge is 0.271 e. The SMILES string of the molecule is C=CCCCCCC(NN)c1cc(Br)c(Br)s1. The fraction of sp³-hybridized carbons (Fsp3) is 0.500. The molecule has 0 aromatic carbocycles. The molecule has 3 N–H and O–H groups in total. The van der Waals surface area contributed by atoms with Crippen molar-refractivity contribution < 1.29 is 0 Å². The molecule has 96 valence electrons. The Morgan fingerprint density at radius 3 is 2.71 bits per heavy atom. The van der Waals surface area contributed by atoms with E-state index in [0.717, 1.165) is 21.1 Å². The maximum atomic E-state index is 5.61. The lowest BCUT2D eigenvalue weighted by molar-refractivity contribution is 0.490. The van der Waals surface area contributed by atoms with Gasteiger partial charge in [-0.25, -0.2) is 0 Å². The van der Waals surface area contributed by atoms with Gasteiger partial charge < -0.3 is 0 Å². The highest BCUT2D eigenvalue weighted by Gasteiger charge is 2.13. The second-order valence-electron chi connectivity index (χ2n) is 3.92. The summed E-state index contributed by atoms with van der Waals surface area (Å²) in [6.45, 7) is 3.73. The van der Waals surface area contributed by atoms with E-state index in [2.05, 4.69) is 49.9 Å². The molecule has 1 unspecified atom stereocenters. The van der Waals surface area contributed by atoms with Gasteiger partial charge >= 0.3 is 0 Å². The molecule has 1 rings (SSSR count). The number of unbranched alkanes of at least 4 members (excludes halogenated alkanes) is 3. The molecule has 5 heteroatoms. The normalized spacial score (nSPS) is 12.6. The molecule has 17 heavy (non-hydrogen) atoms. The van der Waals surface area contributed by atoms with Gasteiger partial charge in [0.2, 0.25) is 0 Å². The van der Waals surface area contributed by atoms with E-state index in [1.54, 1.807) is 11.3 Å². The van der Waals surface area contributed by atoms with Gasteiger partial charge in [-0.3, -0.25) is 11.3 Å². The van der Waals surface area contributed by atoms with Crippen LogP contribution in [0.15, 0.2) is 27.0 Å². The Balaban J connectivity index is 2.40. The van der Waals surface area contributed by atoms with Gasteiger partial charge in [-0.1, -0.05) is 18.9 Å². The molecular weight excluding hydrogens is 364 g/mol. The number of halogens is 2. The van der Waals surface area contributed by atoms with Crippen LogP contribution >= 0.6 is 43.2 Å². The molecule has 1 aromatic heterocycles. The van der Waals surface area contributed by atoms with E-state index in [4.69, 9.17) is 5.84 Å². The van der Waals surface area contributed by atoms with Crippen LogP contribution in [0.3, 0.4) is 0 Å². The summed E-state index contributed by atoms with van der Waals surface area (Å²) in [6, 6.07) is 2.38. The number of nitrogens with one attached hydrogen (secondary N) is 1. The van der Waals surface area contributed by atoms with Gasteiger partial charge in [0.15, 0.2) is 0 Å². The summed E-state index contributed by atoms with van der Waals surface area (Å²) in [5.41, 5.74) is 2.90. The summed E-state index contributed by atoms with van der Waals surface area (Å²) >= 11 is 8.73. The second kappa shape index (κ2) is 8.43. The molecule has 0 radical (unpaired) electrons. The molecule has 0 saturated heterocycles. The zero-order valence-corrected chi connectivity index (χ0v) is 13.7. The van der Waals surface area contributed by atoms with Crippen LogP contribution in [0.4, 0.5) is 0 Å². The van der Waals surface area contributed by atoms with Crippen LogP contribution in [0, 0.1) is 0 Å². The lowest BCUT2D eigenvalue weighted by atomic mass is 10.1. The first-order valence-corrected chi connectivity index (χ1v) is 8.11. The standard InChI is InChI=1S/C12H18Br2N2S/c1-2-3-4-5-6-7-10(16-15)11-8-9(13)12(14)17-11/h2,8,10,16H,1,3-7,15H2. The van der Waals surface area contributed by atoms with Crippen molar-refractivity contribution in [2.45, 2.75) is 38.1 Å². The van der Waals surface area contributed by atoms with E-state index in [9.17, 15) is 0 Å². The first-order chi connectivity index (χ1) is 8.19. The van der Waals surface area contributed by atoms with Crippen LogP contribution in [0.25, 0.3) is 0 Å². The maximum absolute atomic E-state index is 5.61. The third-order valence-corrected chi connectivity index (χ3v) is 5.98. The van der Waals surface area contributed by atoms with Crippen molar-refractivity contribution in [1.29, 1.82) is 0 Å². The van der Waals surface area contributed by atoms with Gasteiger partial charge in [0.1, 0.15) is 0 Å². The van der Waals surface area contributed by atoms with E-state index in [1.165, 1.54) is 24.1 Å². The molecule has 0 amide bonds. The van der Waals surface area contributed by atoms with Crippen molar-refractivity contribution in [3.63, 3.8) is 0 Å². The lowest BCUT2D eigenvalue weighted by Crippen LogP contribution is -2.27. The Bertz CT molecular complexity index is 333. The highest BCUT2D eigenvalue weighted by atomic mass is 79.9. The minimum Gasteiger partial charge on any atom is -0.271 e. The minimum absolute atomic E-state index is 0.256. The Labute approximate surface area is 124 Å². The third-order valence-electron chi connectivity index (χ3n) is 2.61. The zero-order chi connectivity index (χ0) is 12.7. The third kappa shape index (κ3) is 5.22. The fourth-order valence-electron chi connectivity index (χ4n) is 1.66. The molecule has 1 heterocycles. The highest BCUT2D eigenvalue weighted by Crippen LogP contribution is 2.36. The van der Waals surface area contributed by atoms with Gasteiger partial charge in [-0.15, -0.1) is 17.9 Å². The topological polar surface area (TPSA) is 38.0 Å². The number of allylic oxidation sites excluding steroid dienone is 1. The molecule has 0 spiro atoms. The van der Waals surface area contributed by atoms with Gasteiger partial charge in [-0.05, 0) is 57.2 Å². The van der Waals surface area contributed by atoms with Crippen molar-refractivity contribution in [2.24, 2.45) is 5.84 Å². The average Bonchev–Trinajstić information content (AvgIpc) is 2.64. The van der Waals surface area contributed by atoms with Crippen LogP contribution in [0.1, 0.15) is 43.0 Å². The van der Waals surface area contributed by atoms with Crippen molar-refractivity contribution in [3.8, 4) is 0 Å². The number of hydrazine groups is 1. The van der Waals surface area contributed by atoms with Crippen LogP contribution in [-0.4, -0.2) is 0 Å². The summed E-state index contributed by atoms with van der Waals surface area (Å²) in [5.74, 6) is 5.61. The molecule has 1 atom stereocenters. The monoisotopic (exact) mass is 380 g/mol. The quantitative estimate of drug-likeness (QED) is 0.290. The summed E-state index contributed by atoms with van der Waals surface area (Å²) in [6.07, 6.45) is 7.81. The Morgan fingerprint density at radius 2 is 2.18 bits per heavy atom. The molecule has 0 saturated carbocycles. The van der Waals surface area contributed by atoms with Gasteiger partial charge in [0, 0.05) is 9.35 Å². The second-order valence-corrected chi connectivity index (χ2v) is 7.17. The minimum atomic E-state index is 0.256. The Kier molecular flexibility index (Phi) is 7.62. The molecule has 0 fully saturated rings. The van der Waals surface area contributed by atoms with Crippen LogP contribution < -0.4 is 11.3 Å². The summed E-state index contributed by atoms with van der Waals surface area (Å²) < 4.78 is 2.23. The number of hydrogen-bond donors (Lipinski definition) is 2. The van der Waals surface area contributed by atoms with Crippen LogP contribution in [-0.2, 0) is 0 Å². The number of rotatable bonds is 8. The molecule has 0 aliphatic carbocycles. The van der Waals surface area contributed by atoms with E-state index in [1.807, 2.05) is 6.08 Å². The first-order valence-electron chi connectivity index (χ1n) is 5.70. The van der Waals surface area contributed by atoms with E-state index < -0.39 is 0 Å². The van der Waals surface area contributed by atoms with Crippen LogP contribution in [0.5, 0.6) is 0 Å². The van der Waals surface area contributed by atoms with Crippen molar-refractivity contribution >= 4 is 43.2 Å². The fourth-order valence-corrected chi connectivity index (χ4v) is 3.84. The van der Waals surface area contributed by atoms with Crippen molar-refractivity contribution in [3.05, 3.63) is 31.9 Å². The number of hydrogen-bond acceptors (Lipinski definition) is 3. The average molecular weight is 382 g/mol. The molecule has 0 aliphatic rings. The highest BCUT2D eigenvalue weighted by molar-refractivity contribution is 9.13. The smallest absolute Gasteiger partial charge is 0.0843 e. The zero-order valence-electron chi connectivity index (χ0n) is 9.72. The predicted molar refractivity (Wildman–Crippen MR) is 83.1 cm³/mol. The molecule has 1 aromatic rings. The van der Waals surface area contributed by atoms with Crippen molar-refractivity contribution in [2.75, 3.05) is 0 Å². The van der Waals surface area contributed by atoms with Crippen molar-refractivity contribution in [1.82, 2.24) is 5.43 Å². The predicted octanol–water partition coefficient (Wildman–Crippen LogP) is 4.91. The molecule has 0 bridgehead atoms. The number of nitrogens with two attached hydrogens (primary N) is 1. The van der Waals surface area contributed by atoms with E-state index in [-0.39, 0.29) is 6.04 Å².